The molecule has 0 bridgehead atoms. The monoisotopic (exact) mass is 286 g/mol. The maximum absolute atomic E-state index is 12.7. The number of nitrogens with one attached hydrogen (secondary N) is 1. The van der Waals surface area contributed by atoms with Crippen LogP contribution in [0.25, 0.3) is 0 Å². The zero-order valence-electron chi connectivity index (χ0n) is 11.7. The lowest BCUT2D eigenvalue weighted by Gasteiger charge is -2.27. The average molecular weight is 286 g/mol. The molecule has 1 aliphatic rings. The van der Waals surface area contributed by atoms with Gasteiger partial charge in [-0.25, -0.2) is 0 Å². The number of hydrogen-bond donors (Lipinski definition) is 1. The van der Waals surface area contributed by atoms with Gasteiger partial charge >= 0.3 is 6.18 Å². The van der Waals surface area contributed by atoms with Gasteiger partial charge in [0, 0.05) is 13.1 Å². The van der Waals surface area contributed by atoms with Gasteiger partial charge in [-0.15, -0.1) is 0 Å². The van der Waals surface area contributed by atoms with E-state index in [0.717, 1.165) is 44.1 Å². The van der Waals surface area contributed by atoms with E-state index in [9.17, 15) is 13.2 Å². The van der Waals surface area contributed by atoms with E-state index in [1.165, 1.54) is 12.1 Å². The first kappa shape index (κ1) is 15.3. The van der Waals surface area contributed by atoms with Gasteiger partial charge in [-0.3, -0.25) is 0 Å². The molecule has 1 fully saturated rings. The van der Waals surface area contributed by atoms with Crippen molar-refractivity contribution in [3.63, 3.8) is 0 Å². The fraction of sp³-hybridized carbons (Fsp3) is 0.600. The lowest BCUT2D eigenvalue weighted by molar-refractivity contribution is -0.137. The van der Waals surface area contributed by atoms with Crippen LogP contribution in [0.2, 0.25) is 0 Å². The molecular weight excluding hydrogens is 265 g/mol. The first-order valence-corrected chi connectivity index (χ1v) is 7.00. The van der Waals surface area contributed by atoms with E-state index in [-0.39, 0.29) is 0 Å². The minimum Gasteiger partial charge on any atom is -0.317 e. The quantitative estimate of drug-likeness (QED) is 0.915. The molecule has 1 N–H and O–H groups in total. The van der Waals surface area contributed by atoms with Crippen LogP contribution in [0.1, 0.15) is 24.0 Å². The summed E-state index contributed by atoms with van der Waals surface area (Å²) >= 11 is 0. The Labute approximate surface area is 118 Å². The van der Waals surface area contributed by atoms with Crippen LogP contribution in [0.4, 0.5) is 13.2 Å². The molecule has 1 aliphatic heterocycles. The van der Waals surface area contributed by atoms with Crippen molar-refractivity contribution in [2.75, 3.05) is 26.7 Å². The van der Waals surface area contributed by atoms with E-state index in [0.29, 0.717) is 12.5 Å². The van der Waals surface area contributed by atoms with Crippen molar-refractivity contribution in [3.8, 4) is 0 Å². The highest BCUT2D eigenvalue weighted by molar-refractivity contribution is 5.25. The van der Waals surface area contributed by atoms with Gasteiger partial charge in [0.15, 0.2) is 0 Å². The first-order valence-electron chi connectivity index (χ1n) is 7.00. The van der Waals surface area contributed by atoms with Gasteiger partial charge in [0.1, 0.15) is 0 Å². The van der Waals surface area contributed by atoms with Crippen LogP contribution >= 0.6 is 0 Å². The summed E-state index contributed by atoms with van der Waals surface area (Å²) in [6.45, 7) is 3.59. The van der Waals surface area contributed by atoms with Gasteiger partial charge in [0.25, 0.3) is 0 Å². The highest BCUT2D eigenvalue weighted by Gasteiger charge is 2.30. The first-order chi connectivity index (χ1) is 9.45. The summed E-state index contributed by atoms with van der Waals surface area (Å²) in [7, 11) is 1.97. The third-order valence-corrected chi connectivity index (χ3v) is 3.74. The van der Waals surface area contributed by atoms with Crippen LogP contribution in [-0.2, 0) is 12.7 Å². The summed E-state index contributed by atoms with van der Waals surface area (Å²) in [4.78, 5) is 2.12. The number of rotatable bonds is 4. The van der Waals surface area contributed by atoms with E-state index in [1.54, 1.807) is 6.07 Å². The molecule has 0 radical (unpaired) electrons. The van der Waals surface area contributed by atoms with E-state index in [1.807, 2.05) is 7.05 Å². The minimum atomic E-state index is -4.26. The zero-order valence-corrected chi connectivity index (χ0v) is 11.7. The average Bonchev–Trinajstić information content (AvgIpc) is 2.39. The predicted molar refractivity (Wildman–Crippen MR) is 73.4 cm³/mol. The molecule has 2 nitrogen and oxygen atoms in total. The third kappa shape index (κ3) is 4.49. The molecule has 1 aromatic rings. The van der Waals surface area contributed by atoms with E-state index < -0.39 is 11.7 Å². The number of alkyl halides is 3. The fourth-order valence-electron chi connectivity index (χ4n) is 2.73. The van der Waals surface area contributed by atoms with Crippen molar-refractivity contribution in [3.05, 3.63) is 35.4 Å². The smallest absolute Gasteiger partial charge is 0.317 e. The molecule has 0 unspecified atom stereocenters. The van der Waals surface area contributed by atoms with Crippen molar-refractivity contribution in [1.82, 2.24) is 10.2 Å². The summed E-state index contributed by atoms with van der Waals surface area (Å²) in [5.74, 6) is 0.645. The Bertz CT molecular complexity index is 425. The Morgan fingerprint density at radius 1 is 1.25 bits per heavy atom. The van der Waals surface area contributed by atoms with Crippen molar-refractivity contribution in [1.29, 1.82) is 0 Å². The molecule has 2 rings (SSSR count). The number of piperidine rings is 1. The molecule has 0 saturated carbocycles. The highest BCUT2D eigenvalue weighted by Crippen LogP contribution is 2.29. The number of halogens is 3. The van der Waals surface area contributed by atoms with Gasteiger partial charge in [0.05, 0.1) is 5.56 Å². The molecule has 112 valence electrons. The van der Waals surface area contributed by atoms with Gasteiger partial charge in [-0.1, -0.05) is 18.2 Å². The second-order valence-corrected chi connectivity index (χ2v) is 5.59. The van der Waals surface area contributed by atoms with E-state index in [2.05, 4.69) is 10.2 Å². The second-order valence-electron chi connectivity index (χ2n) is 5.59. The topological polar surface area (TPSA) is 15.3 Å². The SMILES string of the molecule is CN(Cc1cccc(C(F)(F)F)c1)CC1CCNCC1. The molecule has 1 saturated heterocycles. The number of hydrogen-bond acceptors (Lipinski definition) is 2. The van der Waals surface area contributed by atoms with Gasteiger partial charge in [0.2, 0.25) is 0 Å². The van der Waals surface area contributed by atoms with Crippen molar-refractivity contribution >= 4 is 0 Å². The summed E-state index contributed by atoms with van der Waals surface area (Å²) in [6.07, 6.45) is -1.97. The fourth-order valence-corrected chi connectivity index (χ4v) is 2.73. The Hall–Kier alpha value is -1.07. The molecule has 1 heterocycles. The van der Waals surface area contributed by atoms with Crippen molar-refractivity contribution in [2.45, 2.75) is 25.6 Å². The van der Waals surface area contributed by atoms with Gasteiger partial charge in [-0.2, -0.15) is 13.2 Å². The van der Waals surface area contributed by atoms with Crippen LogP contribution < -0.4 is 5.32 Å². The zero-order chi connectivity index (χ0) is 14.6. The van der Waals surface area contributed by atoms with E-state index >= 15 is 0 Å². The largest absolute Gasteiger partial charge is 0.416 e. The summed E-state index contributed by atoms with van der Waals surface area (Å²) < 4.78 is 38.0. The summed E-state index contributed by atoms with van der Waals surface area (Å²) in [5.41, 5.74) is 0.154. The Morgan fingerprint density at radius 2 is 1.95 bits per heavy atom. The molecule has 0 atom stereocenters. The summed E-state index contributed by atoms with van der Waals surface area (Å²) in [5, 5.41) is 3.32. The van der Waals surface area contributed by atoms with Crippen LogP contribution in [-0.4, -0.2) is 31.6 Å². The highest BCUT2D eigenvalue weighted by atomic mass is 19.4. The molecule has 0 spiro atoms. The predicted octanol–water partition coefficient (Wildman–Crippen LogP) is 3.14. The van der Waals surface area contributed by atoms with Crippen LogP contribution in [0.5, 0.6) is 0 Å². The molecule has 0 amide bonds. The third-order valence-electron chi connectivity index (χ3n) is 3.74. The maximum Gasteiger partial charge on any atom is 0.416 e. The molecule has 1 aromatic carbocycles. The standard InChI is InChI=1S/C15H21F3N2/c1-20(10-12-5-7-19-8-6-12)11-13-3-2-4-14(9-13)15(16,17)18/h2-4,9,12,19H,5-8,10-11H2,1H3. The molecule has 0 aromatic heterocycles. The summed E-state index contributed by atoms with van der Waals surface area (Å²) in [6, 6.07) is 5.61. The van der Waals surface area contributed by atoms with Crippen LogP contribution in [0.3, 0.4) is 0 Å². The lowest BCUT2D eigenvalue weighted by atomic mass is 9.97. The Kier molecular flexibility index (Phi) is 5.05. The lowest BCUT2D eigenvalue weighted by Crippen LogP contribution is -2.34. The maximum atomic E-state index is 12.7. The molecule has 0 aliphatic carbocycles. The van der Waals surface area contributed by atoms with Crippen molar-refractivity contribution < 1.29 is 13.2 Å². The second kappa shape index (κ2) is 6.59. The van der Waals surface area contributed by atoms with E-state index in [4.69, 9.17) is 0 Å². The normalized spacial score (nSPS) is 17.6. The number of nitrogens with zero attached hydrogens (tertiary/aromatic N) is 1. The van der Waals surface area contributed by atoms with Crippen LogP contribution in [0.15, 0.2) is 24.3 Å². The molecule has 5 heteroatoms. The molecule has 20 heavy (non-hydrogen) atoms. The van der Waals surface area contributed by atoms with Crippen LogP contribution in [0, 0.1) is 5.92 Å². The Balaban J connectivity index is 1.92. The van der Waals surface area contributed by atoms with Crippen molar-refractivity contribution in [2.24, 2.45) is 5.92 Å². The number of benzene rings is 1. The molecular formula is C15H21F3N2. The Morgan fingerprint density at radius 3 is 2.60 bits per heavy atom. The minimum absolute atomic E-state index is 0.563. The van der Waals surface area contributed by atoms with Gasteiger partial charge < -0.3 is 10.2 Å². The van der Waals surface area contributed by atoms with Gasteiger partial charge in [-0.05, 0) is 50.5 Å².